The topological polar surface area (TPSA) is 106 Å². The van der Waals surface area contributed by atoms with Crippen LogP contribution in [0, 0.1) is 5.82 Å². The van der Waals surface area contributed by atoms with E-state index in [1.807, 2.05) is 0 Å². The average molecular weight is 467 g/mol. The predicted octanol–water partition coefficient (Wildman–Crippen LogP) is 3.89. The lowest BCUT2D eigenvalue weighted by Gasteiger charge is -2.10. The molecule has 2 heterocycles. The van der Waals surface area contributed by atoms with E-state index in [2.05, 4.69) is 5.32 Å². The molecule has 0 amide bonds. The van der Waals surface area contributed by atoms with E-state index in [1.165, 1.54) is 36.6 Å². The van der Waals surface area contributed by atoms with Crippen LogP contribution in [0.1, 0.15) is 12.8 Å². The number of nitrogens with one attached hydrogen (secondary N) is 1. The summed E-state index contributed by atoms with van der Waals surface area (Å²) >= 11 is 0. The molecule has 33 heavy (non-hydrogen) atoms. The van der Waals surface area contributed by atoms with Gasteiger partial charge in [-0.25, -0.2) is 14.0 Å². The number of carboxylic acids is 1. The second-order valence-electron chi connectivity index (χ2n) is 7.02. The van der Waals surface area contributed by atoms with Crippen molar-refractivity contribution < 1.29 is 41.4 Å². The number of esters is 1. The van der Waals surface area contributed by atoms with Crippen molar-refractivity contribution in [3.05, 3.63) is 64.8 Å². The standard InChI is InChI=1S/C20H16FNO4.C2HF3O2/c21-13-5-3-12(4-6-13)16-11-25-18-10-14(7-8-15(18)19(16)23)26-20(24)17-2-1-9-22-17;3-2(4,5)1(6)7/h3-8,10-11,17,22H,1-2,9H2;(H,6,7)/t17-;/m0./s1. The highest BCUT2D eigenvalue weighted by atomic mass is 19.4. The number of rotatable bonds is 3. The lowest BCUT2D eigenvalue weighted by atomic mass is 10.1. The number of carbonyl (C=O) groups is 2. The Hall–Kier alpha value is -3.73. The van der Waals surface area contributed by atoms with Crippen molar-refractivity contribution in [2.24, 2.45) is 0 Å². The van der Waals surface area contributed by atoms with E-state index < -0.39 is 12.1 Å². The third-order valence-electron chi connectivity index (χ3n) is 4.71. The Balaban J connectivity index is 0.000000383. The van der Waals surface area contributed by atoms with E-state index in [1.54, 1.807) is 12.1 Å². The van der Waals surface area contributed by atoms with Gasteiger partial charge < -0.3 is 19.6 Å². The number of ether oxygens (including phenoxy) is 1. The first kappa shape index (κ1) is 23.9. The van der Waals surface area contributed by atoms with Gasteiger partial charge >= 0.3 is 18.1 Å². The fourth-order valence-corrected chi connectivity index (χ4v) is 3.07. The molecular weight excluding hydrogens is 450 g/mol. The molecule has 1 saturated heterocycles. The third kappa shape index (κ3) is 5.95. The van der Waals surface area contributed by atoms with Crippen LogP contribution in [0.25, 0.3) is 22.1 Å². The van der Waals surface area contributed by atoms with Crippen LogP contribution >= 0.6 is 0 Å². The highest BCUT2D eigenvalue weighted by Crippen LogP contribution is 2.24. The minimum absolute atomic E-state index is 0.229. The van der Waals surface area contributed by atoms with Crippen LogP contribution in [0.5, 0.6) is 5.75 Å². The molecule has 2 N–H and O–H groups in total. The Kier molecular flexibility index (Phi) is 7.12. The number of hydrogen-bond donors (Lipinski definition) is 2. The Morgan fingerprint density at radius 3 is 2.36 bits per heavy atom. The number of aliphatic carboxylic acids is 1. The van der Waals surface area contributed by atoms with Crippen LogP contribution in [0.2, 0.25) is 0 Å². The molecular formula is C22H17F4NO6. The summed E-state index contributed by atoms with van der Waals surface area (Å²) < 4.78 is 55.7. The van der Waals surface area contributed by atoms with Gasteiger partial charge in [0.1, 0.15) is 29.5 Å². The van der Waals surface area contributed by atoms with E-state index in [4.69, 9.17) is 19.1 Å². The van der Waals surface area contributed by atoms with E-state index in [0.29, 0.717) is 27.8 Å². The van der Waals surface area contributed by atoms with E-state index >= 15 is 0 Å². The molecule has 7 nitrogen and oxygen atoms in total. The van der Waals surface area contributed by atoms with Crippen molar-refractivity contribution in [3.8, 4) is 16.9 Å². The van der Waals surface area contributed by atoms with Gasteiger partial charge in [-0.15, -0.1) is 0 Å². The number of carboxylic acid groups (broad SMARTS) is 1. The van der Waals surface area contributed by atoms with Gasteiger partial charge in [0, 0.05) is 6.07 Å². The zero-order chi connectivity index (χ0) is 24.2. The minimum atomic E-state index is -5.08. The molecule has 0 spiro atoms. The normalized spacial score (nSPS) is 15.6. The van der Waals surface area contributed by atoms with Gasteiger partial charge in [-0.3, -0.25) is 4.79 Å². The molecule has 3 aromatic rings. The molecule has 0 saturated carbocycles. The molecule has 1 aliphatic rings. The smallest absolute Gasteiger partial charge is 0.475 e. The number of hydrogen-bond acceptors (Lipinski definition) is 6. The summed E-state index contributed by atoms with van der Waals surface area (Å²) in [6, 6.07) is 10.0. The summed E-state index contributed by atoms with van der Waals surface area (Å²) in [5.74, 6) is -3.14. The zero-order valence-corrected chi connectivity index (χ0v) is 16.8. The maximum Gasteiger partial charge on any atom is 0.490 e. The first-order chi connectivity index (χ1) is 15.6. The van der Waals surface area contributed by atoms with Gasteiger partial charge in [-0.05, 0) is 49.2 Å². The molecule has 1 atom stereocenters. The first-order valence-corrected chi connectivity index (χ1v) is 9.63. The average Bonchev–Trinajstić information content (AvgIpc) is 3.30. The van der Waals surface area contributed by atoms with Gasteiger partial charge in [0.25, 0.3) is 0 Å². The minimum Gasteiger partial charge on any atom is -0.475 e. The number of carbonyl (C=O) groups excluding carboxylic acids is 1. The monoisotopic (exact) mass is 467 g/mol. The van der Waals surface area contributed by atoms with Gasteiger partial charge in [0.15, 0.2) is 5.43 Å². The van der Waals surface area contributed by atoms with Gasteiger partial charge in [-0.1, -0.05) is 12.1 Å². The molecule has 1 aliphatic heterocycles. The molecule has 2 aromatic carbocycles. The lowest BCUT2D eigenvalue weighted by molar-refractivity contribution is -0.192. The fourth-order valence-electron chi connectivity index (χ4n) is 3.07. The molecule has 0 radical (unpaired) electrons. The van der Waals surface area contributed by atoms with Crippen LogP contribution in [-0.4, -0.2) is 35.8 Å². The van der Waals surface area contributed by atoms with Crippen LogP contribution < -0.4 is 15.5 Å². The lowest BCUT2D eigenvalue weighted by Crippen LogP contribution is -2.34. The van der Waals surface area contributed by atoms with Crippen molar-refractivity contribution in [1.82, 2.24) is 5.32 Å². The molecule has 4 rings (SSSR count). The molecule has 11 heteroatoms. The molecule has 1 aromatic heterocycles. The van der Waals surface area contributed by atoms with Gasteiger partial charge in [0.2, 0.25) is 0 Å². The Labute approximate surface area is 183 Å². The second kappa shape index (κ2) is 9.82. The summed E-state index contributed by atoms with van der Waals surface area (Å²) in [5.41, 5.74) is 1.01. The van der Waals surface area contributed by atoms with Crippen molar-refractivity contribution in [2.45, 2.75) is 25.1 Å². The number of fused-ring (bicyclic) bond motifs is 1. The van der Waals surface area contributed by atoms with Crippen molar-refractivity contribution >= 4 is 22.9 Å². The first-order valence-electron chi connectivity index (χ1n) is 9.63. The summed E-state index contributed by atoms with van der Waals surface area (Å²) in [5, 5.41) is 10.6. The quantitative estimate of drug-likeness (QED) is 0.342. The summed E-state index contributed by atoms with van der Waals surface area (Å²) in [4.78, 5) is 33.7. The van der Waals surface area contributed by atoms with E-state index in [0.717, 1.165) is 19.4 Å². The fraction of sp³-hybridized carbons (Fsp3) is 0.227. The predicted molar refractivity (Wildman–Crippen MR) is 108 cm³/mol. The maximum absolute atomic E-state index is 13.1. The Morgan fingerprint density at radius 1 is 1.12 bits per heavy atom. The third-order valence-corrected chi connectivity index (χ3v) is 4.71. The van der Waals surface area contributed by atoms with Crippen molar-refractivity contribution in [3.63, 3.8) is 0 Å². The van der Waals surface area contributed by atoms with Crippen LogP contribution in [0.4, 0.5) is 17.6 Å². The molecule has 0 unspecified atom stereocenters. The number of benzene rings is 2. The largest absolute Gasteiger partial charge is 0.490 e. The summed E-state index contributed by atoms with van der Waals surface area (Å²) in [6.07, 6.45) is -2.05. The molecule has 174 valence electrons. The van der Waals surface area contributed by atoms with E-state index in [-0.39, 0.29) is 23.3 Å². The maximum atomic E-state index is 13.1. The number of alkyl halides is 3. The number of halogens is 4. The van der Waals surface area contributed by atoms with E-state index in [9.17, 15) is 27.2 Å². The van der Waals surface area contributed by atoms with Crippen LogP contribution in [0.15, 0.2) is 57.9 Å². The van der Waals surface area contributed by atoms with Gasteiger partial charge in [-0.2, -0.15) is 13.2 Å². The molecule has 0 bridgehead atoms. The van der Waals surface area contributed by atoms with Crippen molar-refractivity contribution in [2.75, 3.05) is 6.54 Å². The second-order valence-corrected chi connectivity index (χ2v) is 7.02. The highest BCUT2D eigenvalue weighted by molar-refractivity contribution is 5.84. The van der Waals surface area contributed by atoms with Crippen molar-refractivity contribution in [1.29, 1.82) is 0 Å². The Bertz CT molecular complexity index is 1210. The summed E-state index contributed by atoms with van der Waals surface area (Å²) in [7, 11) is 0. The van der Waals surface area contributed by atoms with Crippen LogP contribution in [0.3, 0.4) is 0 Å². The van der Waals surface area contributed by atoms with Gasteiger partial charge in [0.05, 0.1) is 10.9 Å². The molecule has 0 aliphatic carbocycles. The van der Waals surface area contributed by atoms with Crippen LogP contribution in [-0.2, 0) is 9.59 Å². The highest BCUT2D eigenvalue weighted by Gasteiger charge is 2.38. The SMILES string of the molecule is O=C(O)C(F)(F)F.O=C(Oc1ccc2c(=O)c(-c3ccc(F)cc3)coc2c1)[C@@H]1CCCN1. The zero-order valence-electron chi connectivity index (χ0n) is 16.8. The summed E-state index contributed by atoms with van der Waals surface area (Å²) in [6.45, 7) is 0.804. The Morgan fingerprint density at radius 2 is 1.79 bits per heavy atom. The molecule has 1 fully saturated rings.